The first-order valence-electron chi connectivity index (χ1n) is 6.15. The van der Waals surface area contributed by atoms with Gasteiger partial charge in [-0.1, -0.05) is 43.2 Å². The second-order valence-corrected chi connectivity index (χ2v) is 5.03. The van der Waals surface area contributed by atoms with Crippen molar-refractivity contribution >= 4 is 17.5 Å². The van der Waals surface area contributed by atoms with E-state index in [1.165, 1.54) is 18.4 Å². The van der Waals surface area contributed by atoms with E-state index in [2.05, 4.69) is 29.6 Å². The Balaban J connectivity index is 2.13. The Kier molecular flexibility index (Phi) is 4.06. The van der Waals surface area contributed by atoms with Crippen LogP contribution in [0, 0.1) is 0 Å². The Morgan fingerprint density at radius 2 is 1.88 bits per heavy atom. The summed E-state index contributed by atoms with van der Waals surface area (Å²) in [6.45, 7) is 0.711. The highest BCUT2D eigenvalue weighted by Crippen LogP contribution is 2.40. The molecule has 17 heavy (non-hydrogen) atoms. The summed E-state index contributed by atoms with van der Waals surface area (Å²) in [5.41, 5.74) is 1.47. The van der Waals surface area contributed by atoms with E-state index in [-0.39, 0.29) is 17.2 Å². The molecule has 0 bridgehead atoms. The average molecular weight is 252 g/mol. The summed E-state index contributed by atoms with van der Waals surface area (Å²) in [6, 6.07) is 10.5. The Morgan fingerprint density at radius 3 is 2.47 bits per heavy atom. The summed E-state index contributed by atoms with van der Waals surface area (Å²) in [7, 11) is 0. The molecule has 2 nitrogen and oxygen atoms in total. The molecule has 0 aliphatic heterocycles. The van der Waals surface area contributed by atoms with E-state index in [1.807, 2.05) is 6.07 Å². The number of halogens is 1. The molecule has 1 fully saturated rings. The molecule has 0 radical (unpaired) electrons. The topological polar surface area (TPSA) is 29.1 Å². The van der Waals surface area contributed by atoms with Crippen molar-refractivity contribution in [2.24, 2.45) is 0 Å². The van der Waals surface area contributed by atoms with Crippen LogP contribution in [0.2, 0.25) is 0 Å². The van der Waals surface area contributed by atoms with Crippen LogP contribution >= 0.6 is 11.6 Å². The van der Waals surface area contributed by atoms with Crippen LogP contribution in [0.3, 0.4) is 0 Å². The lowest BCUT2D eigenvalue weighted by atomic mass is 9.79. The number of carbonyl (C=O) groups excluding carboxylic acids is 1. The van der Waals surface area contributed by atoms with Crippen LogP contribution in [0.4, 0.5) is 0 Å². The van der Waals surface area contributed by atoms with Gasteiger partial charge in [0.15, 0.2) is 0 Å². The smallest absolute Gasteiger partial charge is 0.234 e. The van der Waals surface area contributed by atoms with E-state index in [0.29, 0.717) is 6.54 Å². The minimum atomic E-state index is -0.0751. The first-order chi connectivity index (χ1) is 8.27. The van der Waals surface area contributed by atoms with E-state index < -0.39 is 0 Å². The van der Waals surface area contributed by atoms with Crippen molar-refractivity contribution < 1.29 is 4.79 Å². The SMILES string of the molecule is O=C(CCl)NCC1(c2ccccc2)CCCC1. The zero-order chi connectivity index (χ0) is 12.1. The molecule has 0 atom stereocenters. The normalized spacial score (nSPS) is 17.9. The third-order valence-electron chi connectivity index (χ3n) is 3.69. The van der Waals surface area contributed by atoms with Gasteiger partial charge >= 0.3 is 0 Å². The van der Waals surface area contributed by atoms with Crippen molar-refractivity contribution in [2.75, 3.05) is 12.4 Å². The lowest BCUT2D eigenvalue weighted by Gasteiger charge is -2.29. The molecule has 1 aliphatic carbocycles. The van der Waals surface area contributed by atoms with E-state index in [9.17, 15) is 4.79 Å². The van der Waals surface area contributed by atoms with Crippen molar-refractivity contribution in [3.63, 3.8) is 0 Å². The monoisotopic (exact) mass is 251 g/mol. The molecule has 0 aromatic heterocycles. The zero-order valence-corrected chi connectivity index (χ0v) is 10.7. The van der Waals surface area contributed by atoms with Gasteiger partial charge < -0.3 is 5.32 Å². The molecule has 2 rings (SSSR count). The van der Waals surface area contributed by atoms with Gasteiger partial charge in [-0.05, 0) is 18.4 Å². The van der Waals surface area contributed by atoms with Crippen LogP contribution in [0.15, 0.2) is 30.3 Å². The lowest BCUT2D eigenvalue weighted by molar-refractivity contribution is -0.118. The number of benzene rings is 1. The van der Waals surface area contributed by atoms with Gasteiger partial charge in [-0.25, -0.2) is 0 Å². The predicted octanol–water partition coefficient (Wildman–Crippen LogP) is 2.85. The summed E-state index contributed by atoms with van der Waals surface area (Å²) in [5.74, 6) is -0.0286. The molecule has 1 aliphatic rings. The van der Waals surface area contributed by atoms with Gasteiger partial charge in [0.1, 0.15) is 5.88 Å². The lowest BCUT2D eigenvalue weighted by Crippen LogP contribution is -2.39. The van der Waals surface area contributed by atoms with Crippen molar-refractivity contribution in [2.45, 2.75) is 31.1 Å². The van der Waals surface area contributed by atoms with Crippen LogP contribution in [0.5, 0.6) is 0 Å². The molecular weight excluding hydrogens is 234 g/mol. The number of rotatable bonds is 4. The third-order valence-corrected chi connectivity index (χ3v) is 3.93. The Bertz CT molecular complexity index is 371. The summed E-state index contributed by atoms with van der Waals surface area (Å²) in [4.78, 5) is 11.3. The fourth-order valence-corrected chi connectivity index (χ4v) is 2.82. The quantitative estimate of drug-likeness (QED) is 0.820. The number of hydrogen-bond acceptors (Lipinski definition) is 1. The maximum atomic E-state index is 11.3. The fraction of sp³-hybridized carbons (Fsp3) is 0.500. The molecule has 1 aromatic carbocycles. The van der Waals surface area contributed by atoms with Crippen LogP contribution in [-0.2, 0) is 10.2 Å². The highest BCUT2D eigenvalue weighted by molar-refractivity contribution is 6.27. The highest BCUT2D eigenvalue weighted by atomic mass is 35.5. The van der Waals surface area contributed by atoms with Gasteiger partial charge in [0.05, 0.1) is 0 Å². The van der Waals surface area contributed by atoms with Gasteiger partial charge in [-0.15, -0.1) is 11.6 Å². The van der Waals surface area contributed by atoms with E-state index >= 15 is 0 Å². The standard InChI is InChI=1S/C14H18ClNO/c15-10-13(17)16-11-14(8-4-5-9-14)12-6-2-1-3-7-12/h1-3,6-7H,4-5,8-11H2,(H,16,17). The maximum absolute atomic E-state index is 11.3. The number of nitrogens with one attached hydrogen (secondary N) is 1. The number of alkyl halides is 1. The molecule has 0 heterocycles. The maximum Gasteiger partial charge on any atom is 0.234 e. The number of carbonyl (C=O) groups is 1. The van der Waals surface area contributed by atoms with Gasteiger partial charge in [-0.3, -0.25) is 4.79 Å². The van der Waals surface area contributed by atoms with E-state index in [0.717, 1.165) is 12.8 Å². The van der Waals surface area contributed by atoms with Crippen LogP contribution < -0.4 is 5.32 Å². The predicted molar refractivity (Wildman–Crippen MR) is 70.3 cm³/mol. The van der Waals surface area contributed by atoms with Crippen LogP contribution in [-0.4, -0.2) is 18.3 Å². The van der Waals surface area contributed by atoms with E-state index in [4.69, 9.17) is 11.6 Å². The van der Waals surface area contributed by atoms with Crippen molar-refractivity contribution in [3.05, 3.63) is 35.9 Å². The minimum Gasteiger partial charge on any atom is -0.354 e. The second kappa shape index (κ2) is 5.54. The number of amides is 1. The zero-order valence-electron chi connectivity index (χ0n) is 9.92. The first kappa shape index (κ1) is 12.4. The summed E-state index contributed by atoms with van der Waals surface area (Å²) in [5, 5.41) is 2.94. The Morgan fingerprint density at radius 1 is 1.24 bits per heavy atom. The third kappa shape index (κ3) is 2.81. The van der Waals surface area contributed by atoms with Gasteiger partial charge in [-0.2, -0.15) is 0 Å². The van der Waals surface area contributed by atoms with Gasteiger partial charge in [0.25, 0.3) is 0 Å². The molecule has 1 aromatic rings. The summed E-state index contributed by atoms with van der Waals surface area (Å²) in [6.07, 6.45) is 4.79. The molecule has 1 saturated carbocycles. The molecule has 0 spiro atoms. The molecule has 92 valence electrons. The first-order valence-corrected chi connectivity index (χ1v) is 6.68. The Labute approximate surface area is 107 Å². The van der Waals surface area contributed by atoms with Crippen molar-refractivity contribution in [1.29, 1.82) is 0 Å². The summed E-state index contributed by atoms with van der Waals surface area (Å²) >= 11 is 5.52. The van der Waals surface area contributed by atoms with E-state index in [1.54, 1.807) is 0 Å². The summed E-state index contributed by atoms with van der Waals surface area (Å²) < 4.78 is 0. The Hall–Kier alpha value is -1.02. The molecule has 1 N–H and O–H groups in total. The number of hydrogen-bond donors (Lipinski definition) is 1. The molecule has 3 heteroatoms. The van der Waals surface area contributed by atoms with Crippen molar-refractivity contribution in [1.82, 2.24) is 5.32 Å². The molecule has 0 saturated heterocycles. The molecule has 0 unspecified atom stereocenters. The minimum absolute atomic E-state index is 0.0465. The van der Waals surface area contributed by atoms with Crippen LogP contribution in [0.1, 0.15) is 31.2 Å². The molecular formula is C14H18ClNO. The highest BCUT2D eigenvalue weighted by Gasteiger charge is 2.35. The van der Waals surface area contributed by atoms with Crippen molar-refractivity contribution in [3.8, 4) is 0 Å². The van der Waals surface area contributed by atoms with Gasteiger partial charge in [0.2, 0.25) is 5.91 Å². The largest absolute Gasteiger partial charge is 0.354 e. The van der Waals surface area contributed by atoms with Gasteiger partial charge in [0, 0.05) is 12.0 Å². The van der Waals surface area contributed by atoms with Crippen LogP contribution in [0.25, 0.3) is 0 Å². The second-order valence-electron chi connectivity index (χ2n) is 4.76. The molecule has 1 amide bonds. The fourth-order valence-electron chi connectivity index (χ4n) is 2.73. The average Bonchev–Trinajstić information content (AvgIpc) is 2.87.